The lowest BCUT2D eigenvalue weighted by atomic mass is 9.88. The molecule has 1 N–H and O–H groups in total. The van der Waals surface area contributed by atoms with Crippen LogP contribution in [0.3, 0.4) is 0 Å². The van der Waals surface area contributed by atoms with Crippen molar-refractivity contribution in [1.82, 2.24) is 9.78 Å². The van der Waals surface area contributed by atoms with Crippen molar-refractivity contribution in [3.63, 3.8) is 0 Å². The van der Waals surface area contributed by atoms with Crippen molar-refractivity contribution < 1.29 is 0 Å². The van der Waals surface area contributed by atoms with E-state index in [0.29, 0.717) is 10.0 Å². The van der Waals surface area contributed by atoms with Crippen molar-refractivity contribution in [3.8, 4) is 5.69 Å². The fourth-order valence-corrected chi connectivity index (χ4v) is 3.47. The van der Waals surface area contributed by atoms with Crippen LogP contribution in [-0.2, 0) is 11.8 Å². The minimum Gasteiger partial charge on any atom is -0.370 e. The minimum absolute atomic E-state index is 0.00369. The van der Waals surface area contributed by atoms with Crippen LogP contribution in [0, 0.1) is 0 Å². The highest BCUT2D eigenvalue weighted by Gasteiger charge is 2.28. The normalized spacial score (nSPS) is 15.1. The minimum atomic E-state index is 0.00369. The van der Waals surface area contributed by atoms with Gasteiger partial charge in [0.25, 0.3) is 0 Å². The number of rotatable bonds is 1. The van der Waals surface area contributed by atoms with Gasteiger partial charge in [-0.05, 0) is 37.5 Å². The zero-order valence-electron chi connectivity index (χ0n) is 13.2. The monoisotopic (exact) mass is 337 g/mol. The standard InChI is InChI=1S/C17H21Cl2N3/c1-17(2,3)15-14-6-4-5-7-20-16(14)22(21-15)13-9-11(18)8-12(19)10-13/h8-10,20H,4-7H2,1-3H3. The molecule has 3 rings (SSSR count). The molecule has 2 heterocycles. The first-order chi connectivity index (χ1) is 10.4. The van der Waals surface area contributed by atoms with Gasteiger partial charge in [0.15, 0.2) is 0 Å². The third-order valence-corrected chi connectivity index (χ3v) is 4.37. The van der Waals surface area contributed by atoms with E-state index in [2.05, 4.69) is 26.1 Å². The summed E-state index contributed by atoms with van der Waals surface area (Å²) >= 11 is 12.3. The number of fused-ring (bicyclic) bond motifs is 1. The largest absolute Gasteiger partial charge is 0.370 e. The van der Waals surface area contributed by atoms with E-state index in [1.54, 1.807) is 6.07 Å². The van der Waals surface area contributed by atoms with E-state index in [1.807, 2.05) is 16.8 Å². The van der Waals surface area contributed by atoms with E-state index in [0.717, 1.165) is 30.2 Å². The van der Waals surface area contributed by atoms with Gasteiger partial charge in [-0.2, -0.15) is 5.10 Å². The van der Waals surface area contributed by atoms with Gasteiger partial charge in [-0.3, -0.25) is 0 Å². The van der Waals surface area contributed by atoms with Crippen LogP contribution in [0.5, 0.6) is 0 Å². The lowest BCUT2D eigenvalue weighted by Crippen LogP contribution is -2.15. The summed E-state index contributed by atoms with van der Waals surface area (Å²) in [5.41, 5.74) is 3.37. The molecular formula is C17H21Cl2N3. The van der Waals surface area contributed by atoms with Gasteiger partial charge in [0.05, 0.1) is 11.4 Å². The Morgan fingerprint density at radius 1 is 1.09 bits per heavy atom. The number of halogens is 2. The molecule has 1 aromatic heterocycles. The Hall–Kier alpha value is -1.19. The third kappa shape index (κ3) is 2.97. The zero-order valence-corrected chi connectivity index (χ0v) is 14.7. The predicted molar refractivity (Wildman–Crippen MR) is 93.7 cm³/mol. The fourth-order valence-electron chi connectivity index (χ4n) is 2.95. The van der Waals surface area contributed by atoms with Gasteiger partial charge in [0.1, 0.15) is 5.82 Å². The molecule has 0 unspecified atom stereocenters. The number of nitrogens with one attached hydrogen (secondary N) is 1. The van der Waals surface area contributed by atoms with Crippen LogP contribution in [0.2, 0.25) is 10.0 Å². The fraction of sp³-hybridized carbons (Fsp3) is 0.471. The van der Waals surface area contributed by atoms with E-state index in [4.69, 9.17) is 28.3 Å². The Morgan fingerprint density at radius 3 is 2.41 bits per heavy atom. The molecular weight excluding hydrogens is 317 g/mol. The molecule has 0 atom stereocenters. The van der Waals surface area contributed by atoms with E-state index < -0.39 is 0 Å². The van der Waals surface area contributed by atoms with Gasteiger partial charge in [-0.15, -0.1) is 0 Å². The quantitative estimate of drug-likeness (QED) is 0.772. The number of nitrogens with zero attached hydrogens (tertiary/aromatic N) is 2. The van der Waals surface area contributed by atoms with Crippen molar-refractivity contribution in [1.29, 1.82) is 0 Å². The van der Waals surface area contributed by atoms with E-state index >= 15 is 0 Å². The molecule has 0 aliphatic carbocycles. The molecule has 118 valence electrons. The number of hydrogen-bond donors (Lipinski definition) is 1. The molecule has 0 amide bonds. The Bertz CT molecular complexity index is 678. The summed E-state index contributed by atoms with van der Waals surface area (Å²) in [5, 5.41) is 9.68. The summed E-state index contributed by atoms with van der Waals surface area (Å²) in [4.78, 5) is 0. The maximum Gasteiger partial charge on any atom is 0.133 e. The van der Waals surface area contributed by atoms with Crippen molar-refractivity contribution in [3.05, 3.63) is 39.5 Å². The summed E-state index contributed by atoms with van der Waals surface area (Å²) in [7, 11) is 0. The molecule has 1 aromatic carbocycles. The number of anilines is 1. The average Bonchev–Trinajstić information content (AvgIpc) is 2.60. The number of aromatic nitrogens is 2. The van der Waals surface area contributed by atoms with Crippen molar-refractivity contribution in [2.75, 3.05) is 11.9 Å². The summed E-state index contributed by atoms with van der Waals surface area (Å²) in [6, 6.07) is 5.55. The topological polar surface area (TPSA) is 29.9 Å². The van der Waals surface area contributed by atoms with Crippen molar-refractivity contribution in [2.24, 2.45) is 0 Å². The highest BCUT2D eigenvalue weighted by Crippen LogP contribution is 2.35. The van der Waals surface area contributed by atoms with E-state index in [-0.39, 0.29) is 5.41 Å². The first kappa shape index (κ1) is 15.7. The van der Waals surface area contributed by atoms with Gasteiger partial charge < -0.3 is 5.32 Å². The van der Waals surface area contributed by atoms with Gasteiger partial charge >= 0.3 is 0 Å². The molecule has 0 fully saturated rings. The molecule has 0 spiro atoms. The van der Waals surface area contributed by atoms with E-state index in [9.17, 15) is 0 Å². The summed E-state index contributed by atoms with van der Waals surface area (Å²) in [5.74, 6) is 1.08. The Balaban J connectivity index is 2.21. The maximum absolute atomic E-state index is 6.17. The first-order valence-corrected chi connectivity index (χ1v) is 8.44. The highest BCUT2D eigenvalue weighted by molar-refractivity contribution is 6.34. The van der Waals surface area contributed by atoms with Crippen molar-refractivity contribution in [2.45, 2.75) is 45.4 Å². The molecule has 3 nitrogen and oxygen atoms in total. The van der Waals surface area contributed by atoms with Crippen LogP contribution in [0.15, 0.2) is 18.2 Å². The summed E-state index contributed by atoms with van der Waals surface area (Å²) in [6.45, 7) is 7.58. The second-order valence-electron chi connectivity index (χ2n) is 6.85. The molecule has 0 saturated heterocycles. The van der Waals surface area contributed by atoms with Crippen molar-refractivity contribution >= 4 is 29.0 Å². The molecule has 0 saturated carbocycles. The average molecular weight is 338 g/mol. The zero-order chi connectivity index (χ0) is 15.9. The molecule has 1 aliphatic heterocycles. The van der Waals surface area contributed by atoms with Gasteiger partial charge in [-0.25, -0.2) is 4.68 Å². The maximum atomic E-state index is 6.17. The second kappa shape index (κ2) is 5.78. The smallest absolute Gasteiger partial charge is 0.133 e. The molecule has 1 aliphatic rings. The Kier molecular flexibility index (Phi) is 4.13. The predicted octanol–water partition coefficient (Wildman–Crippen LogP) is 5.22. The second-order valence-corrected chi connectivity index (χ2v) is 7.72. The Morgan fingerprint density at radius 2 is 1.77 bits per heavy atom. The Labute approximate surface area is 141 Å². The number of benzene rings is 1. The summed E-state index contributed by atoms with van der Waals surface area (Å²) in [6.07, 6.45) is 3.42. The molecule has 0 bridgehead atoms. The number of hydrogen-bond acceptors (Lipinski definition) is 2. The molecule has 5 heteroatoms. The molecule has 2 aromatic rings. The SMILES string of the molecule is CC(C)(C)c1nn(-c2cc(Cl)cc(Cl)c2)c2c1CCCCN2. The van der Waals surface area contributed by atoms with Gasteiger partial charge in [0.2, 0.25) is 0 Å². The van der Waals surface area contributed by atoms with Crippen LogP contribution in [0.1, 0.15) is 44.9 Å². The van der Waals surface area contributed by atoms with Crippen LogP contribution >= 0.6 is 23.2 Å². The van der Waals surface area contributed by atoms with Gasteiger partial charge in [0, 0.05) is 27.6 Å². The highest BCUT2D eigenvalue weighted by atomic mass is 35.5. The van der Waals surface area contributed by atoms with Crippen LogP contribution in [-0.4, -0.2) is 16.3 Å². The van der Waals surface area contributed by atoms with Crippen LogP contribution < -0.4 is 5.32 Å². The molecule has 0 radical (unpaired) electrons. The third-order valence-electron chi connectivity index (χ3n) is 3.93. The van der Waals surface area contributed by atoms with E-state index in [1.165, 1.54) is 18.4 Å². The lowest BCUT2D eigenvalue weighted by Gasteiger charge is -2.17. The van der Waals surface area contributed by atoms with Gasteiger partial charge in [-0.1, -0.05) is 44.0 Å². The van der Waals surface area contributed by atoms with Crippen LogP contribution in [0.4, 0.5) is 5.82 Å². The van der Waals surface area contributed by atoms with Crippen LogP contribution in [0.25, 0.3) is 5.69 Å². The lowest BCUT2D eigenvalue weighted by molar-refractivity contribution is 0.552. The summed E-state index contributed by atoms with van der Waals surface area (Å²) < 4.78 is 1.96. The molecule has 22 heavy (non-hydrogen) atoms. The first-order valence-electron chi connectivity index (χ1n) is 7.69.